The highest BCUT2D eigenvalue weighted by molar-refractivity contribution is 6.42. The third-order valence-electron chi connectivity index (χ3n) is 4.24. The molecule has 4 nitrogen and oxygen atoms in total. The second-order valence-electron chi connectivity index (χ2n) is 6.01. The van der Waals surface area contributed by atoms with Crippen molar-refractivity contribution >= 4 is 29.1 Å². The number of carbonyl (C=O) groups is 1. The van der Waals surface area contributed by atoms with Crippen LogP contribution in [-0.2, 0) is 4.74 Å². The Labute approximate surface area is 157 Å². The van der Waals surface area contributed by atoms with Crippen LogP contribution in [0.25, 0.3) is 0 Å². The number of nitrogens with one attached hydrogen (secondary N) is 2. The molecule has 0 aliphatic carbocycles. The maximum absolute atomic E-state index is 12.3. The molecule has 3 rings (SSSR count). The van der Waals surface area contributed by atoms with E-state index in [-0.39, 0.29) is 17.9 Å². The molecule has 132 valence electrons. The van der Waals surface area contributed by atoms with Gasteiger partial charge in [-0.3, -0.25) is 4.79 Å². The lowest BCUT2D eigenvalue weighted by Crippen LogP contribution is -2.36. The van der Waals surface area contributed by atoms with E-state index < -0.39 is 0 Å². The fraction of sp³-hybridized carbons (Fsp3) is 0.316. The summed E-state index contributed by atoms with van der Waals surface area (Å²) in [5.41, 5.74) is 1.62. The molecule has 2 atom stereocenters. The third-order valence-corrected chi connectivity index (χ3v) is 4.98. The van der Waals surface area contributed by atoms with E-state index in [1.165, 1.54) is 0 Å². The molecule has 1 amide bonds. The predicted molar refractivity (Wildman–Crippen MR) is 100 cm³/mol. The lowest BCUT2D eigenvalue weighted by Gasteiger charge is -2.25. The molecular formula is C19H20Cl2N2O2. The molecule has 0 saturated carbocycles. The molecule has 0 bridgehead atoms. The topological polar surface area (TPSA) is 50.4 Å². The minimum atomic E-state index is -0.152. The van der Waals surface area contributed by atoms with Crippen molar-refractivity contribution in [2.24, 2.45) is 5.92 Å². The minimum Gasteiger partial charge on any atom is -0.372 e. The third kappa shape index (κ3) is 4.73. The van der Waals surface area contributed by atoms with Crippen molar-refractivity contribution in [3.63, 3.8) is 0 Å². The summed E-state index contributed by atoms with van der Waals surface area (Å²) in [4.78, 5) is 12.3. The highest BCUT2D eigenvalue weighted by Crippen LogP contribution is 2.31. The zero-order valence-corrected chi connectivity index (χ0v) is 15.2. The number of amides is 1. The first kappa shape index (κ1) is 18.2. The second kappa shape index (κ2) is 8.68. The highest BCUT2D eigenvalue weighted by Gasteiger charge is 2.27. The summed E-state index contributed by atoms with van der Waals surface area (Å²) in [6, 6.07) is 14.7. The Morgan fingerprint density at radius 3 is 2.72 bits per heavy atom. The summed E-state index contributed by atoms with van der Waals surface area (Å²) in [5, 5.41) is 7.38. The van der Waals surface area contributed by atoms with E-state index in [1.807, 2.05) is 30.3 Å². The van der Waals surface area contributed by atoms with Crippen LogP contribution in [0.1, 0.15) is 22.0 Å². The minimum absolute atomic E-state index is 0.0854. The van der Waals surface area contributed by atoms with Gasteiger partial charge in [0.2, 0.25) is 0 Å². The maximum atomic E-state index is 12.3. The summed E-state index contributed by atoms with van der Waals surface area (Å²) in [5.74, 6) is 0.00476. The number of carbonyl (C=O) groups excluding carboxylic acids is 1. The van der Waals surface area contributed by atoms with E-state index in [1.54, 1.807) is 18.2 Å². The monoisotopic (exact) mass is 378 g/mol. The van der Waals surface area contributed by atoms with Gasteiger partial charge in [-0.05, 0) is 29.8 Å². The van der Waals surface area contributed by atoms with E-state index in [2.05, 4.69) is 10.6 Å². The summed E-state index contributed by atoms with van der Waals surface area (Å²) in [6.07, 6.45) is -0.152. The van der Waals surface area contributed by atoms with Crippen LogP contribution in [0.15, 0.2) is 48.5 Å². The maximum Gasteiger partial charge on any atom is 0.251 e. The lowest BCUT2D eigenvalue weighted by atomic mass is 9.95. The number of hydrogen-bond acceptors (Lipinski definition) is 3. The zero-order valence-electron chi connectivity index (χ0n) is 13.7. The van der Waals surface area contributed by atoms with Crippen molar-refractivity contribution in [1.29, 1.82) is 0 Å². The molecule has 1 saturated heterocycles. The average Bonchev–Trinajstić information content (AvgIpc) is 2.88. The van der Waals surface area contributed by atoms with E-state index in [0.717, 1.165) is 18.7 Å². The Hall–Kier alpha value is -1.59. The molecule has 1 fully saturated rings. The molecule has 1 aliphatic heterocycles. The Morgan fingerprint density at radius 2 is 1.96 bits per heavy atom. The second-order valence-corrected chi connectivity index (χ2v) is 6.82. The van der Waals surface area contributed by atoms with E-state index in [4.69, 9.17) is 27.9 Å². The van der Waals surface area contributed by atoms with Gasteiger partial charge in [0.1, 0.15) is 0 Å². The summed E-state index contributed by atoms with van der Waals surface area (Å²) in [6.45, 7) is 2.64. The van der Waals surface area contributed by atoms with Crippen molar-refractivity contribution in [3.05, 3.63) is 69.7 Å². The molecule has 0 spiro atoms. The molecule has 25 heavy (non-hydrogen) atoms. The van der Waals surface area contributed by atoms with Gasteiger partial charge in [-0.25, -0.2) is 0 Å². The first-order valence-electron chi connectivity index (χ1n) is 8.25. The van der Waals surface area contributed by atoms with Crippen molar-refractivity contribution < 1.29 is 9.53 Å². The molecule has 2 aromatic carbocycles. The van der Waals surface area contributed by atoms with Crippen molar-refractivity contribution in [2.75, 3.05) is 26.2 Å². The average molecular weight is 379 g/mol. The largest absolute Gasteiger partial charge is 0.372 e. The van der Waals surface area contributed by atoms with E-state index in [0.29, 0.717) is 28.8 Å². The summed E-state index contributed by atoms with van der Waals surface area (Å²) >= 11 is 12.2. The molecule has 2 N–H and O–H groups in total. The van der Waals surface area contributed by atoms with Crippen LogP contribution in [0, 0.1) is 5.92 Å². The van der Waals surface area contributed by atoms with Crippen LogP contribution in [0.4, 0.5) is 0 Å². The zero-order chi connectivity index (χ0) is 17.6. The van der Waals surface area contributed by atoms with Gasteiger partial charge >= 0.3 is 0 Å². The number of hydrogen-bond donors (Lipinski definition) is 2. The fourth-order valence-electron chi connectivity index (χ4n) is 2.94. The van der Waals surface area contributed by atoms with Crippen molar-refractivity contribution in [3.8, 4) is 0 Å². The van der Waals surface area contributed by atoms with Crippen molar-refractivity contribution in [2.45, 2.75) is 6.10 Å². The van der Waals surface area contributed by atoms with Gasteiger partial charge in [-0.1, -0.05) is 47.5 Å². The first-order valence-corrected chi connectivity index (χ1v) is 9.01. The normalized spacial score (nSPS) is 20.7. The molecule has 0 unspecified atom stereocenters. The summed E-state index contributed by atoms with van der Waals surface area (Å²) < 4.78 is 6.02. The lowest BCUT2D eigenvalue weighted by molar-refractivity contribution is 0.0306. The standard InChI is InChI=1S/C19H20Cl2N2O2/c20-16-7-6-14(10-17(16)21)18-15(11-22-8-9-25-18)12-23-19(24)13-4-2-1-3-5-13/h1-7,10,15,18,22H,8-9,11-12H2,(H,23,24)/t15-,18-/m0/s1. The SMILES string of the molecule is O=C(NC[C@@H]1CNCCO[C@H]1c1ccc(Cl)c(Cl)c1)c1ccccc1. The van der Waals surface area contributed by atoms with Gasteiger partial charge in [0.25, 0.3) is 5.91 Å². The number of rotatable bonds is 4. The van der Waals surface area contributed by atoms with Gasteiger partial charge in [0.05, 0.1) is 22.8 Å². The molecule has 6 heteroatoms. The molecule has 1 heterocycles. The number of halogens is 2. The Kier molecular flexibility index (Phi) is 6.32. The molecule has 0 aromatic heterocycles. The predicted octanol–water partition coefficient (Wildman–Crippen LogP) is 3.70. The van der Waals surface area contributed by atoms with Crippen LogP contribution in [0.5, 0.6) is 0 Å². The van der Waals surface area contributed by atoms with Crippen molar-refractivity contribution in [1.82, 2.24) is 10.6 Å². The Morgan fingerprint density at radius 1 is 1.16 bits per heavy atom. The van der Waals surface area contributed by atoms with Gasteiger partial charge in [0.15, 0.2) is 0 Å². The first-order chi connectivity index (χ1) is 12.1. The molecule has 2 aromatic rings. The smallest absolute Gasteiger partial charge is 0.251 e. The van der Waals surface area contributed by atoms with Gasteiger partial charge < -0.3 is 15.4 Å². The van der Waals surface area contributed by atoms with E-state index >= 15 is 0 Å². The quantitative estimate of drug-likeness (QED) is 0.852. The van der Waals surface area contributed by atoms with Crippen LogP contribution in [0.2, 0.25) is 10.0 Å². The van der Waals surface area contributed by atoms with Crippen LogP contribution < -0.4 is 10.6 Å². The van der Waals surface area contributed by atoms with E-state index in [9.17, 15) is 4.79 Å². The van der Waals surface area contributed by atoms with Gasteiger partial charge in [-0.2, -0.15) is 0 Å². The van der Waals surface area contributed by atoms with Gasteiger partial charge in [0, 0.05) is 31.1 Å². The Bertz CT molecular complexity index is 725. The molecule has 0 radical (unpaired) electrons. The molecule has 1 aliphatic rings. The number of benzene rings is 2. The van der Waals surface area contributed by atoms with Crippen LogP contribution in [-0.4, -0.2) is 32.1 Å². The fourth-order valence-corrected chi connectivity index (χ4v) is 3.25. The van der Waals surface area contributed by atoms with Crippen LogP contribution in [0.3, 0.4) is 0 Å². The van der Waals surface area contributed by atoms with Crippen LogP contribution >= 0.6 is 23.2 Å². The van der Waals surface area contributed by atoms with Gasteiger partial charge in [-0.15, -0.1) is 0 Å². The highest BCUT2D eigenvalue weighted by atomic mass is 35.5. The molecular weight excluding hydrogens is 359 g/mol. The number of ether oxygens (including phenoxy) is 1. The summed E-state index contributed by atoms with van der Waals surface area (Å²) in [7, 11) is 0. The Balaban J connectivity index is 1.72.